The summed E-state index contributed by atoms with van der Waals surface area (Å²) in [7, 11) is 2.19. The summed E-state index contributed by atoms with van der Waals surface area (Å²) in [5.41, 5.74) is 1.14. The van der Waals surface area contributed by atoms with Crippen molar-refractivity contribution in [1.82, 2.24) is 25.3 Å². The van der Waals surface area contributed by atoms with Gasteiger partial charge in [0.2, 0.25) is 11.9 Å². The first-order chi connectivity index (χ1) is 16.7. The van der Waals surface area contributed by atoms with Gasteiger partial charge in [-0.2, -0.15) is 4.99 Å². The third-order valence-corrected chi connectivity index (χ3v) is 7.12. The summed E-state index contributed by atoms with van der Waals surface area (Å²) in [6.45, 7) is 22.0. The third-order valence-electron chi connectivity index (χ3n) is 7.12. The van der Waals surface area contributed by atoms with E-state index in [1.165, 1.54) is 51.4 Å². The van der Waals surface area contributed by atoms with Gasteiger partial charge in [-0.05, 0) is 46.0 Å². The minimum absolute atomic E-state index is 0.0301. The van der Waals surface area contributed by atoms with Crippen LogP contribution in [-0.2, 0) is 0 Å². The first kappa shape index (κ1) is 29.5. The van der Waals surface area contributed by atoms with Crippen LogP contribution in [0.25, 0.3) is 0 Å². The summed E-state index contributed by atoms with van der Waals surface area (Å²) in [6, 6.07) is 0.351. The molecule has 202 valence electrons. The summed E-state index contributed by atoms with van der Waals surface area (Å²) < 4.78 is 0. The lowest BCUT2D eigenvalue weighted by Gasteiger charge is -2.44. The second-order valence-electron chi connectivity index (χ2n) is 11.1. The van der Waals surface area contributed by atoms with Crippen molar-refractivity contribution in [3.05, 3.63) is 12.3 Å². The van der Waals surface area contributed by atoms with Crippen LogP contribution in [0.15, 0.2) is 22.3 Å². The Morgan fingerprint density at radius 1 is 0.914 bits per heavy atom. The fraction of sp³-hybridized carbons (Fsp3) is 0.857. The molecule has 0 aromatic rings. The van der Waals surface area contributed by atoms with Gasteiger partial charge in [-0.15, -0.1) is 0 Å². The highest BCUT2D eigenvalue weighted by atomic mass is 15.5. The molecule has 2 heterocycles. The average Bonchev–Trinajstić information content (AvgIpc) is 2.82. The van der Waals surface area contributed by atoms with E-state index in [0.29, 0.717) is 6.04 Å². The van der Waals surface area contributed by atoms with Crippen molar-refractivity contribution in [2.75, 3.05) is 33.2 Å². The Bertz CT molecular complexity index is 683. The standard InChI is InChI=1S/C28H55N7/c1-9-13-17-34(18-14-10-2)26-29-25(33(8)24-21-23(5)32-28(6,7)22-24)30-27(31-26)35(19-15-11-3)20-16-12-4/h24,26,32H,5,9-22H2,1-4,6-8H3,(H,29,30,31). The van der Waals surface area contributed by atoms with Crippen LogP contribution in [0.5, 0.6) is 0 Å². The monoisotopic (exact) mass is 489 g/mol. The molecule has 1 fully saturated rings. The second kappa shape index (κ2) is 14.7. The Labute approximate surface area is 216 Å². The lowest BCUT2D eigenvalue weighted by molar-refractivity contribution is 0.167. The minimum Gasteiger partial charge on any atom is -0.384 e. The zero-order valence-electron chi connectivity index (χ0n) is 24.0. The predicted octanol–water partition coefficient (Wildman–Crippen LogP) is 5.37. The smallest absolute Gasteiger partial charge is 0.227 e. The third kappa shape index (κ3) is 9.32. The summed E-state index contributed by atoms with van der Waals surface area (Å²) in [4.78, 5) is 17.7. The van der Waals surface area contributed by atoms with Crippen LogP contribution < -0.4 is 10.6 Å². The van der Waals surface area contributed by atoms with Crippen LogP contribution in [0.2, 0.25) is 0 Å². The Hall–Kier alpha value is -1.76. The molecule has 0 aromatic carbocycles. The lowest BCUT2D eigenvalue weighted by Crippen LogP contribution is -2.59. The summed E-state index contributed by atoms with van der Waals surface area (Å²) >= 11 is 0. The summed E-state index contributed by atoms with van der Waals surface area (Å²) in [6.07, 6.45) is 11.4. The molecule has 35 heavy (non-hydrogen) atoms. The molecule has 0 bridgehead atoms. The highest BCUT2D eigenvalue weighted by Crippen LogP contribution is 2.27. The Morgan fingerprint density at radius 2 is 1.46 bits per heavy atom. The van der Waals surface area contributed by atoms with E-state index in [-0.39, 0.29) is 11.8 Å². The first-order valence-electron chi connectivity index (χ1n) is 14.3. The topological polar surface area (TPSA) is 58.5 Å². The second-order valence-corrected chi connectivity index (χ2v) is 11.1. The molecule has 0 aromatic heterocycles. The Balaban J connectivity index is 2.37. The maximum Gasteiger partial charge on any atom is 0.227 e. The zero-order chi connectivity index (χ0) is 25.8. The maximum absolute atomic E-state index is 5.23. The predicted molar refractivity (Wildman–Crippen MR) is 152 cm³/mol. The van der Waals surface area contributed by atoms with Crippen molar-refractivity contribution in [3.8, 4) is 0 Å². The van der Waals surface area contributed by atoms with Crippen LogP contribution in [0.3, 0.4) is 0 Å². The van der Waals surface area contributed by atoms with Crippen LogP contribution in [0, 0.1) is 0 Å². The summed E-state index contributed by atoms with van der Waals surface area (Å²) in [5, 5.41) is 7.31. The fourth-order valence-electron chi connectivity index (χ4n) is 4.98. The van der Waals surface area contributed by atoms with E-state index in [1.54, 1.807) is 0 Å². The van der Waals surface area contributed by atoms with Gasteiger partial charge >= 0.3 is 0 Å². The van der Waals surface area contributed by atoms with E-state index in [0.717, 1.165) is 56.6 Å². The van der Waals surface area contributed by atoms with Gasteiger partial charge in [0.05, 0.1) is 0 Å². The van der Waals surface area contributed by atoms with Crippen molar-refractivity contribution in [3.63, 3.8) is 0 Å². The van der Waals surface area contributed by atoms with Crippen molar-refractivity contribution >= 4 is 11.9 Å². The molecule has 2 N–H and O–H groups in total. The highest BCUT2D eigenvalue weighted by Gasteiger charge is 2.35. The molecule has 0 amide bonds. The molecule has 2 rings (SSSR count). The first-order valence-corrected chi connectivity index (χ1v) is 14.3. The normalized spacial score (nSPS) is 21.8. The molecule has 0 spiro atoms. The molecular formula is C28H55N7. The van der Waals surface area contributed by atoms with E-state index in [1.807, 2.05) is 0 Å². The van der Waals surface area contributed by atoms with Crippen LogP contribution >= 0.6 is 0 Å². The number of rotatable bonds is 14. The largest absolute Gasteiger partial charge is 0.384 e. The van der Waals surface area contributed by atoms with Gasteiger partial charge in [0.1, 0.15) is 0 Å². The number of piperidine rings is 1. The quantitative estimate of drug-likeness (QED) is 0.344. The van der Waals surface area contributed by atoms with E-state index in [2.05, 4.69) is 80.5 Å². The number of unbranched alkanes of at least 4 members (excludes halogenated alkanes) is 4. The number of hydrogen-bond acceptors (Lipinski definition) is 7. The number of aliphatic imine (C=N–C) groups is 2. The molecule has 7 heteroatoms. The van der Waals surface area contributed by atoms with E-state index in [4.69, 9.17) is 9.98 Å². The van der Waals surface area contributed by atoms with Crippen molar-refractivity contribution in [2.45, 2.75) is 124 Å². The van der Waals surface area contributed by atoms with Gasteiger partial charge in [-0.3, -0.25) is 4.90 Å². The molecular weight excluding hydrogens is 434 g/mol. The number of hydrogen-bond donors (Lipinski definition) is 2. The minimum atomic E-state index is -0.0678. The number of guanidine groups is 2. The molecule has 2 aliphatic rings. The molecule has 0 radical (unpaired) electrons. The zero-order valence-corrected chi connectivity index (χ0v) is 24.0. The van der Waals surface area contributed by atoms with E-state index in [9.17, 15) is 0 Å². The fourth-order valence-corrected chi connectivity index (χ4v) is 4.98. The van der Waals surface area contributed by atoms with Gasteiger partial charge in [-0.25, -0.2) is 4.99 Å². The van der Waals surface area contributed by atoms with Crippen molar-refractivity contribution in [1.29, 1.82) is 0 Å². The molecule has 2 unspecified atom stereocenters. The van der Waals surface area contributed by atoms with Gasteiger partial charge in [0, 0.05) is 56.9 Å². The van der Waals surface area contributed by atoms with Gasteiger partial charge in [0.15, 0.2) is 6.29 Å². The van der Waals surface area contributed by atoms with Gasteiger partial charge in [0.25, 0.3) is 0 Å². The highest BCUT2D eigenvalue weighted by molar-refractivity contribution is 5.97. The van der Waals surface area contributed by atoms with Crippen LogP contribution in [-0.4, -0.2) is 77.7 Å². The lowest BCUT2D eigenvalue weighted by atomic mass is 9.87. The molecule has 0 aliphatic carbocycles. The van der Waals surface area contributed by atoms with Crippen molar-refractivity contribution in [2.24, 2.45) is 9.98 Å². The van der Waals surface area contributed by atoms with Crippen molar-refractivity contribution < 1.29 is 0 Å². The molecule has 1 saturated heterocycles. The number of nitrogens with one attached hydrogen (secondary N) is 2. The van der Waals surface area contributed by atoms with E-state index < -0.39 is 0 Å². The molecule has 2 atom stereocenters. The van der Waals surface area contributed by atoms with Gasteiger partial charge < -0.3 is 20.4 Å². The Kier molecular flexibility index (Phi) is 12.4. The Morgan fingerprint density at radius 3 is 1.97 bits per heavy atom. The summed E-state index contributed by atoms with van der Waals surface area (Å²) in [5.74, 6) is 1.86. The molecule has 2 aliphatic heterocycles. The van der Waals surface area contributed by atoms with Crippen LogP contribution in [0.1, 0.15) is 106 Å². The SMILES string of the molecule is C=C1CC(N(C)C2=NC(N(CCCC)CCCC)=NC(N(CCCC)CCCC)N2)CC(C)(C)N1. The van der Waals surface area contributed by atoms with E-state index >= 15 is 0 Å². The van der Waals surface area contributed by atoms with Gasteiger partial charge in [-0.1, -0.05) is 60.0 Å². The van der Waals surface area contributed by atoms with Crippen LogP contribution in [0.4, 0.5) is 0 Å². The average molecular weight is 490 g/mol. The molecule has 0 saturated carbocycles. The molecule has 7 nitrogen and oxygen atoms in total. The number of nitrogens with zero attached hydrogens (tertiary/aromatic N) is 5. The maximum atomic E-state index is 5.23.